The number of halogens is 1. The number of nitrogens with one attached hydrogen (secondary N) is 1. The molecule has 1 aromatic rings. The fourth-order valence-electron chi connectivity index (χ4n) is 2.85. The van der Waals surface area contributed by atoms with E-state index in [1.165, 1.54) is 12.8 Å². The van der Waals surface area contributed by atoms with Crippen LogP contribution in [0.3, 0.4) is 0 Å². The summed E-state index contributed by atoms with van der Waals surface area (Å²) in [5, 5.41) is 4.15. The first-order valence-corrected chi connectivity index (χ1v) is 8.02. The van der Waals surface area contributed by atoms with Crippen molar-refractivity contribution in [2.75, 3.05) is 19.6 Å². The third-order valence-corrected chi connectivity index (χ3v) is 4.26. The highest BCUT2D eigenvalue weighted by molar-refractivity contribution is 6.31. The molecule has 2 rings (SSSR count). The highest BCUT2D eigenvalue weighted by Crippen LogP contribution is 2.20. The average molecular weight is 310 g/mol. The minimum Gasteiger partial charge on any atom is -0.366 e. The normalized spacial score (nSPS) is 18.3. The molecule has 0 bridgehead atoms. The first-order valence-electron chi connectivity index (χ1n) is 7.64. The Bertz CT molecular complexity index is 486. The molecule has 3 N–H and O–H groups in total. The van der Waals surface area contributed by atoms with Gasteiger partial charge in [0, 0.05) is 29.7 Å². The van der Waals surface area contributed by atoms with E-state index in [-0.39, 0.29) is 0 Å². The minimum absolute atomic E-state index is 0.441. The maximum atomic E-state index is 11.2. The van der Waals surface area contributed by atoms with Crippen molar-refractivity contribution in [3.63, 3.8) is 0 Å². The zero-order valence-electron chi connectivity index (χ0n) is 12.6. The summed E-state index contributed by atoms with van der Waals surface area (Å²) in [6.07, 6.45) is 3.62. The van der Waals surface area contributed by atoms with E-state index in [0.29, 0.717) is 16.6 Å². The fourth-order valence-corrected chi connectivity index (χ4v) is 3.09. The number of hydrogen-bond acceptors (Lipinski definition) is 3. The van der Waals surface area contributed by atoms with E-state index in [1.807, 2.05) is 6.07 Å². The van der Waals surface area contributed by atoms with Crippen LogP contribution < -0.4 is 11.1 Å². The molecular weight excluding hydrogens is 286 g/mol. The van der Waals surface area contributed by atoms with Gasteiger partial charge in [-0.15, -0.1) is 0 Å². The second-order valence-corrected chi connectivity index (χ2v) is 6.11. The third-order valence-electron chi connectivity index (χ3n) is 3.91. The number of primary amides is 1. The largest absolute Gasteiger partial charge is 0.366 e. The van der Waals surface area contributed by atoms with Crippen molar-refractivity contribution >= 4 is 17.5 Å². The van der Waals surface area contributed by atoms with E-state index in [4.69, 9.17) is 17.3 Å². The van der Waals surface area contributed by atoms with Crippen LogP contribution in [0.1, 0.15) is 42.1 Å². The monoisotopic (exact) mass is 309 g/mol. The molecule has 1 aromatic carbocycles. The van der Waals surface area contributed by atoms with Gasteiger partial charge in [-0.3, -0.25) is 9.69 Å². The van der Waals surface area contributed by atoms with Crippen molar-refractivity contribution < 1.29 is 4.79 Å². The number of amides is 1. The fraction of sp³-hybridized carbons (Fsp3) is 0.562. The molecule has 1 fully saturated rings. The lowest BCUT2D eigenvalue weighted by Crippen LogP contribution is -2.37. The number of carbonyl (C=O) groups is 1. The predicted molar refractivity (Wildman–Crippen MR) is 86.6 cm³/mol. The van der Waals surface area contributed by atoms with Crippen LogP contribution in [0, 0.1) is 0 Å². The van der Waals surface area contributed by atoms with Gasteiger partial charge < -0.3 is 11.1 Å². The van der Waals surface area contributed by atoms with E-state index in [1.54, 1.807) is 12.1 Å². The molecule has 0 aliphatic carbocycles. The lowest BCUT2D eigenvalue weighted by molar-refractivity contribution is 0.100. The lowest BCUT2D eigenvalue weighted by atomic mass is 10.1. The van der Waals surface area contributed by atoms with Gasteiger partial charge in [-0.1, -0.05) is 24.6 Å². The summed E-state index contributed by atoms with van der Waals surface area (Å²) in [6, 6.07) is 5.91. The van der Waals surface area contributed by atoms with Crippen LogP contribution in [0.4, 0.5) is 0 Å². The summed E-state index contributed by atoms with van der Waals surface area (Å²) >= 11 is 6.28. The molecule has 0 aromatic heterocycles. The van der Waals surface area contributed by atoms with Gasteiger partial charge in [0.2, 0.25) is 5.91 Å². The van der Waals surface area contributed by atoms with Crippen molar-refractivity contribution in [1.29, 1.82) is 0 Å². The molecule has 1 aliphatic rings. The highest BCUT2D eigenvalue weighted by Gasteiger charge is 2.18. The minimum atomic E-state index is -0.441. The van der Waals surface area contributed by atoms with Crippen LogP contribution >= 0.6 is 11.6 Å². The standard InChI is InChI=1S/C16H24ClN3O/c1-2-8-20(11-14-4-3-7-19-14)10-13-6-5-12(16(18)21)9-15(13)17/h5-6,9,14,19H,2-4,7-8,10-11H2,1H3,(H2,18,21). The first kappa shape index (κ1) is 16.3. The molecule has 0 spiro atoms. The second-order valence-electron chi connectivity index (χ2n) is 5.70. The Morgan fingerprint density at radius 1 is 1.52 bits per heavy atom. The van der Waals surface area contributed by atoms with Gasteiger partial charge in [0.05, 0.1) is 0 Å². The molecule has 116 valence electrons. The average Bonchev–Trinajstić information content (AvgIpc) is 2.94. The molecule has 0 radical (unpaired) electrons. The number of nitrogens with two attached hydrogens (primary N) is 1. The zero-order chi connectivity index (χ0) is 15.2. The summed E-state index contributed by atoms with van der Waals surface area (Å²) < 4.78 is 0. The van der Waals surface area contributed by atoms with Crippen molar-refractivity contribution in [3.05, 3.63) is 34.3 Å². The van der Waals surface area contributed by atoms with Gasteiger partial charge in [0.25, 0.3) is 0 Å². The summed E-state index contributed by atoms with van der Waals surface area (Å²) in [5.74, 6) is -0.441. The van der Waals surface area contributed by atoms with Crippen LogP contribution in [0.25, 0.3) is 0 Å². The quantitative estimate of drug-likeness (QED) is 0.813. The molecule has 21 heavy (non-hydrogen) atoms. The molecular formula is C16H24ClN3O. The SMILES string of the molecule is CCCN(Cc1ccc(C(N)=O)cc1Cl)CC1CCCN1. The molecule has 5 heteroatoms. The van der Waals surface area contributed by atoms with Crippen molar-refractivity contribution in [2.45, 2.75) is 38.8 Å². The smallest absolute Gasteiger partial charge is 0.248 e. The van der Waals surface area contributed by atoms with Crippen molar-refractivity contribution in [3.8, 4) is 0 Å². The number of hydrogen-bond donors (Lipinski definition) is 2. The maximum Gasteiger partial charge on any atom is 0.248 e. The second kappa shape index (κ2) is 7.78. The zero-order valence-corrected chi connectivity index (χ0v) is 13.3. The Hall–Kier alpha value is -1.10. The summed E-state index contributed by atoms with van der Waals surface area (Å²) in [7, 11) is 0. The number of rotatable bonds is 7. The molecule has 1 heterocycles. The molecule has 4 nitrogen and oxygen atoms in total. The molecule has 1 atom stereocenters. The third kappa shape index (κ3) is 4.70. The van der Waals surface area contributed by atoms with Crippen LogP contribution in [0.15, 0.2) is 18.2 Å². The van der Waals surface area contributed by atoms with Gasteiger partial charge in [0.15, 0.2) is 0 Å². The first-order chi connectivity index (χ1) is 10.1. The molecule has 1 unspecified atom stereocenters. The predicted octanol–water partition coefficient (Wildman–Crippen LogP) is 2.40. The van der Waals surface area contributed by atoms with Gasteiger partial charge in [-0.2, -0.15) is 0 Å². The van der Waals surface area contributed by atoms with Gasteiger partial charge in [0.1, 0.15) is 0 Å². The van der Waals surface area contributed by atoms with Crippen LogP contribution in [-0.2, 0) is 6.54 Å². The van der Waals surface area contributed by atoms with Gasteiger partial charge >= 0.3 is 0 Å². The van der Waals surface area contributed by atoms with Crippen LogP contribution in [-0.4, -0.2) is 36.5 Å². The molecule has 1 saturated heterocycles. The van der Waals surface area contributed by atoms with Gasteiger partial charge in [-0.05, 0) is 50.0 Å². The van der Waals surface area contributed by atoms with Crippen LogP contribution in [0.5, 0.6) is 0 Å². The number of carbonyl (C=O) groups excluding carboxylic acids is 1. The Morgan fingerprint density at radius 2 is 2.33 bits per heavy atom. The molecule has 0 saturated carbocycles. The molecule has 1 amide bonds. The Kier molecular flexibility index (Phi) is 6.03. The van der Waals surface area contributed by atoms with Gasteiger partial charge in [-0.25, -0.2) is 0 Å². The summed E-state index contributed by atoms with van der Waals surface area (Å²) in [6.45, 7) is 6.21. The van der Waals surface area contributed by atoms with E-state index in [2.05, 4.69) is 17.1 Å². The van der Waals surface area contributed by atoms with E-state index >= 15 is 0 Å². The molecule has 1 aliphatic heterocycles. The Labute approximate surface area is 131 Å². The summed E-state index contributed by atoms with van der Waals surface area (Å²) in [5.41, 5.74) is 6.78. The van der Waals surface area contributed by atoms with E-state index in [9.17, 15) is 4.79 Å². The Balaban J connectivity index is 2.03. The summed E-state index contributed by atoms with van der Waals surface area (Å²) in [4.78, 5) is 13.6. The Morgan fingerprint density at radius 3 is 2.90 bits per heavy atom. The topological polar surface area (TPSA) is 58.4 Å². The highest BCUT2D eigenvalue weighted by atomic mass is 35.5. The lowest BCUT2D eigenvalue weighted by Gasteiger charge is -2.25. The van der Waals surface area contributed by atoms with Crippen LogP contribution in [0.2, 0.25) is 5.02 Å². The van der Waals surface area contributed by atoms with E-state index < -0.39 is 5.91 Å². The number of nitrogens with zero attached hydrogens (tertiary/aromatic N) is 1. The van der Waals surface area contributed by atoms with E-state index in [0.717, 1.165) is 38.2 Å². The number of benzene rings is 1. The van der Waals surface area contributed by atoms with Crippen molar-refractivity contribution in [1.82, 2.24) is 10.2 Å². The maximum absolute atomic E-state index is 11.2. The van der Waals surface area contributed by atoms with Crippen molar-refractivity contribution in [2.24, 2.45) is 5.73 Å².